The molecular weight excluding hydrogens is 324 g/mol. The lowest BCUT2D eigenvalue weighted by Crippen LogP contribution is -2.24. The fourth-order valence-electron chi connectivity index (χ4n) is 2.22. The molecular formula is C12H15ClO5S2. The van der Waals surface area contributed by atoms with E-state index in [1.807, 2.05) is 0 Å². The molecule has 0 N–H and O–H groups in total. The predicted octanol–water partition coefficient (Wildman–Crippen LogP) is 1.81. The average molecular weight is 339 g/mol. The van der Waals surface area contributed by atoms with E-state index in [4.69, 9.17) is 15.4 Å². The maximum absolute atomic E-state index is 12.4. The topological polar surface area (TPSA) is 77.5 Å². The maximum Gasteiger partial charge on any atom is 0.262 e. The van der Waals surface area contributed by atoms with Gasteiger partial charge in [0.25, 0.3) is 9.05 Å². The molecule has 0 spiro atoms. The number of benzene rings is 1. The summed E-state index contributed by atoms with van der Waals surface area (Å²) >= 11 is 0. The van der Waals surface area contributed by atoms with Gasteiger partial charge in [-0.25, -0.2) is 16.8 Å². The van der Waals surface area contributed by atoms with Gasteiger partial charge in [-0.15, -0.1) is 0 Å². The lowest BCUT2D eigenvalue weighted by atomic mass is 10.0. The van der Waals surface area contributed by atoms with Gasteiger partial charge in [-0.05, 0) is 30.9 Å². The van der Waals surface area contributed by atoms with Gasteiger partial charge in [-0.3, -0.25) is 0 Å². The van der Waals surface area contributed by atoms with E-state index >= 15 is 0 Å². The molecule has 1 aromatic rings. The van der Waals surface area contributed by atoms with Crippen LogP contribution in [0, 0.1) is 5.92 Å². The fraction of sp³-hybridized carbons (Fsp3) is 0.500. The molecule has 0 radical (unpaired) electrons. The molecule has 5 nitrogen and oxygen atoms in total. The first-order valence-corrected chi connectivity index (χ1v) is 10.1. The highest BCUT2D eigenvalue weighted by atomic mass is 35.7. The number of halogens is 1. The highest BCUT2D eigenvalue weighted by molar-refractivity contribution is 8.14. The monoisotopic (exact) mass is 338 g/mol. The van der Waals surface area contributed by atoms with E-state index in [1.165, 1.54) is 24.3 Å². The second-order valence-corrected chi connectivity index (χ2v) is 9.26. The summed E-state index contributed by atoms with van der Waals surface area (Å²) in [6, 6.07) is 5.42. The Kier molecular flexibility index (Phi) is 4.73. The zero-order valence-corrected chi connectivity index (χ0v) is 13.0. The SMILES string of the molecule is O=S(=O)(Cl)c1ccccc1S(=O)(=O)CC1CCOCC1. The summed E-state index contributed by atoms with van der Waals surface area (Å²) in [5.74, 6) is -0.0976. The predicted molar refractivity (Wildman–Crippen MR) is 75.1 cm³/mol. The molecule has 1 saturated heterocycles. The van der Waals surface area contributed by atoms with E-state index in [9.17, 15) is 16.8 Å². The summed E-state index contributed by atoms with van der Waals surface area (Å²) in [4.78, 5) is -0.574. The Balaban J connectivity index is 2.34. The number of rotatable bonds is 4. The summed E-state index contributed by atoms with van der Waals surface area (Å²) in [6.07, 6.45) is 1.32. The lowest BCUT2D eigenvalue weighted by molar-refractivity contribution is 0.0723. The first-order valence-electron chi connectivity index (χ1n) is 6.15. The largest absolute Gasteiger partial charge is 0.381 e. The number of hydrogen-bond acceptors (Lipinski definition) is 5. The second-order valence-electron chi connectivity index (χ2n) is 4.72. The molecule has 1 aliphatic heterocycles. The minimum atomic E-state index is -4.09. The molecule has 1 heterocycles. The lowest BCUT2D eigenvalue weighted by Gasteiger charge is -2.22. The van der Waals surface area contributed by atoms with E-state index in [-0.39, 0.29) is 21.5 Å². The van der Waals surface area contributed by atoms with Crippen molar-refractivity contribution in [1.29, 1.82) is 0 Å². The van der Waals surface area contributed by atoms with Crippen LogP contribution in [0.2, 0.25) is 0 Å². The van der Waals surface area contributed by atoms with Gasteiger partial charge in [0.05, 0.1) is 10.6 Å². The van der Waals surface area contributed by atoms with Gasteiger partial charge in [0.15, 0.2) is 9.84 Å². The Hall–Kier alpha value is -0.630. The third kappa shape index (κ3) is 3.72. The van der Waals surface area contributed by atoms with Crippen LogP contribution in [0.4, 0.5) is 0 Å². The third-order valence-corrected chi connectivity index (χ3v) is 6.69. The van der Waals surface area contributed by atoms with Crippen LogP contribution in [0.1, 0.15) is 12.8 Å². The average Bonchev–Trinajstić information content (AvgIpc) is 2.38. The van der Waals surface area contributed by atoms with Gasteiger partial charge >= 0.3 is 0 Å². The van der Waals surface area contributed by atoms with Gasteiger partial charge in [-0.1, -0.05) is 12.1 Å². The zero-order valence-electron chi connectivity index (χ0n) is 10.7. The van der Waals surface area contributed by atoms with Crippen LogP contribution < -0.4 is 0 Å². The Morgan fingerprint density at radius 3 is 2.15 bits per heavy atom. The smallest absolute Gasteiger partial charge is 0.262 e. The molecule has 0 amide bonds. The van der Waals surface area contributed by atoms with Crippen molar-refractivity contribution in [2.24, 2.45) is 5.92 Å². The fourth-order valence-corrected chi connectivity index (χ4v) is 5.82. The normalized spacial score (nSPS) is 18.1. The molecule has 0 atom stereocenters. The molecule has 1 aliphatic rings. The first kappa shape index (κ1) is 15.8. The first-order chi connectivity index (χ1) is 9.31. The molecule has 1 fully saturated rings. The molecule has 20 heavy (non-hydrogen) atoms. The molecule has 0 bridgehead atoms. The van der Waals surface area contributed by atoms with Crippen LogP contribution in [-0.2, 0) is 23.6 Å². The van der Waals surface area contributed by atoms with Crippen LogP contribution in [-0.4, -0.2) is 35.8 Å². The third-order valence-electron chi connectivity index (χ3n) is 3.24. The van der Waals surface area contributed by atoms with E-state index in [1.54, 1.807) is 0 Å². The van der Waals surface area contributed by atoms with E-state index in [0.29, 0.717) is 26.1 Å². The van der Waals surface area contributed by atoms with Crippen molar-refractivity contribution in [2.45, 2.75) is 22.6 Å². The summed E-state index contributed by atoms with van der Waals surface area (Å²) in [5.41, 5.74) is 0. The van der Waals surface area contributed by atoms with E-state index in [2.05, 4.69) is 0 Å². The van der Waals surface area contributed by atoms with Crippen molar-refractivity contribution in [1.82, 2.24) is 0 Å². The minimum absolute atomic E-state index is 0.0140. The van der Waals surface area contributed by atoms with Crippen molar-refractivity contribution in [3.05, 3.63) is 24.3 Å². The molecule has 0 unspecified atom stereocenters. The quantitative estimate of drug-likeness (QED) is 0.782. The van der Waals surface area contributed by atoms with Crippen LogP contribution in [0.3, 0.4) is 0 Å². The van der Waals surface area contributed by atoms with Gasteiger partial charge in [0.2, 0.25) is 0 Å². The van der Waals surface area contributed by atoms with Crippen molar-refractivity contribution >= 4 is 29.6 Å². The van der Waals surface area contributed by atoms with Gasteiger partial charge in [0.1, 0.15) is 4.90 Å². The summed E-state index contributed by atoms with van der Waals surface area (Å²) < 4.78 is 52.9. The Bertz CT molecular complexity index is 676. The van der Waals surface area contributed by atoms with Gasteiger partial charge < -0.3 is 4.74 Å². The molecule has 2 rings (SSSR count). The van der Waals surface area contributed by atoms with E-state index < -0.39 is 18.9 Å². The second kappa shape index (κ2) is 6.01. The standard InChI is InChI=1S/C12H15ClO5S2/c13-20(16,17)12-4-2-1-3-11(12)19(14,15)9-10-5-7-18-8-6-10/h1-4,10H,5-9H2. The van der Waals surface area contributed by atoms with E-state index in [0.717, 1.165) is 0 Å². The molecule has 1 aromatic carbocycles. The van der Waals surface area contributed by atoms with Gasteiger partial charge in [-0.2, -0.15) is 0 Å². The zero-order chi connectivity index (χ0) is 14.8. The highest BCUT2D eigenvalue weighted by Crippen LogP contribution is 2.27. The number of hydrogen-bond donors (Lipinski definition) is 0. The van der Waals surface area contributed by atoms with Crippen LogP contribution in [0.15, 0.2) is 34.1 Å². The van der Waals surface area contributed by atoms with Crippen molar-refractivity contribution < 1.29 is 21.6 Å². The summed E-state index contributed by atoms with van der Waals surface area (Å²) in [6.45, 7) is 1.07. The molecule has 112 valence electrons. The van der Waals surface area contributed by atoms with Gasteiger partial charge in [0, 0.05) is 23.9 Å². The highest BCUT2D eigenvalue weighted by Gasteiger charge is 2.28. The molecule has 0 aromatic heterocycles. The Morgan fingerprint density at radius 2 is 1.60 bits per heavy atom. The van der Waals surface area contributed by atoms with Crippen LogP contribution in [0.25, 0.3) is 0 Å². The van der Waals surface area contributed by atoms with Crippen molar-refractivity contribution in [2.75, 3.05) is 19.0 Å². The molecule has 8 heteroatoms. The van der Waals surface area contributed by atoms with Crippen LogP contribution in [0.5, 0.6) is 0 Å². The molecule has 0 aliphatic carbocycles. The maximum atomic E-state index is 12.4. The summed E-state index contributed by atoms with van der Waals surface area (Å²) in [7, 11) is -2.48. The minimum Gasteiger partial charge on any atom is -0.381 e. The Morgan fingerprint density at radius 1 is 1.05 bits per heavy atom. The number of sulfone groups is 1. The number of ether oxygens (including phenoxy) is 1. The van der Waals surface area contributed by atoms with Crippen molar-refractivity contribution in [3.8, 4) is 0 Å². The van der Waals surface area contributed by atoms with Crippen molar-refractivity contribution in [3.63, 3.8) is 0 Å². The summed E-state index contributed by atoms with van der Waals surface area (Å²) in [5, 5.41) is 0. The van der Waals surface area contributed by atoms with Crippen LogP contribution >= 0.6 is 10.7 Å². The molecule has 0 saturated carbocycles. The Labute approximate surface area is 123 Å².